The van der Waals surface area contributed by atoms with E-state index in [9.17, 15) is 19.5 Å². The lowest BCUT2D eigenvalue weighted by atomic mass is 9.95. The monoisotopic (exact) mass is 536 g/mol. The second kappa shape index (κ2) is 11.5. The fraction of sp³-hybridized carbons (Fsp3) is 0.286. The summed E-state index contributed by atoms with van der Waals surface area (Å²) < 4.78 is 16.1. The van der Waals surface area contributed by atoms with Crippen molar-refractivity contribution in [3.05, 3.63) is 75.8 Å². The number of amides is 1. The van der Waals surface area contributed by atoms with Gasteiger partial charge in [-0.1, -0.05) is 42.5 Å². The Kier molecular flexibility index (Phi) is 8.11. The first-order valence-electron chi connectivity index (χ1n) is 12.1. The van der Waals surface area contributed by atoms with Crippen LogP contribution in [0.1, 0.15) is 52.8 Å². The fourth-order valence-electron chi connectivity index (χ4n) is 4.13. The molecular formula is C28H28N2O7S. The number of rotatable bonds is 9. The second-order valence-electron chi connectivity index (χ2n) is 8.45. The number of ether oxygens (including phenoxy) is 3. The van der Waals surface area contributed by atoms with E-state index >= 15 is 0 Å². The van der Waals surface area contributed by atoms with Gasteiger partial charge in [0.25, 0.3) is 5.78 Å². The molecule has 198 valence electrons. The summed E-state index contributed by atoms with van der Waals surface area (Å²) >= 11 is 0.945. The number of carbonyl (C=O) groups excluding carboxylic acids is 3. The van der Waals surface area contributed by atoms with E-state index in [0.29, 0.717) is 41.5 Å². The van der Waals surface area contributed by atoms with Crippen molar-refractivity contribution in [3.63, 3.8) is 0 Å². The molecule has 2 aromatic carbocycles. The third-order valence-corrected chi connectivity index (χ3v) is 7.03. The Morgan fingerprint density at radius 1 is 1.08 bits per heavy atom. The average Bonchev–Trinajstić information content (AvgIpc) is 3.43. The number of nitrogens with zero attached hydrogens (tertiary/aromatic N) is 2. The van der Waals surface area contributed by atoms with E-state index < -0.39 is 23.7 Å². The highest BCUT2D eigenvalue weighted by molar-refractivity contribution is 7.17. The largest absolute Gasteiger partial charge is 0.507 e. The molecule has 1 amide bonds. The molecule has 0 radical (unpaired) electrons. The molecule has 4 rings (SSSR count). The summed E-state index contributed by atoms with van der Waals surface area (Å²) in [7, 11) is 1.26. The minimum Gasteiger partial charge on any atom is -0.507 e. The van der Waals surface area contributed by atoms with Crippen LogP contribution in [0.4, 0.5) is 5.13 Å². The zero-order valence-corrected chi connectivity index (χ0v) is 22.3. The van der Waals surface area contributed by atoms with E-state index in [4.69, 9.17) is 14.2 Å². The number of aliphatic hydroxyl groups is 1. The molecule has 1 unspecified atom stereocenters. The number of benzene rings is 2. The van der Waals surface area contributed by atoms with Gasteiger partial charge in [-0.15, -0.1) is 0 Å². The quantitative estimate of drug-likeness (QED) is 0.175. The van der Waals surface area contributed by atoms with Gasteiger partial charge >= 0.3 is 11.9 Å². The molecule has 2 heterocycles. The third-order valence-electron chi connectivity index (χ3n) is 5.89. The van der Waals surface area contributed by atoms with Crippen LogP contribution in [-0.4, -0.2) is 48.1 Å². The number of aromatic nitrogens is 1. The summed E-state index contributed by atoms with van der Waals surface area (Å²) in [6, 6.07) is 12.6. The first kappa shape index (κ1) is 26.9. The summed E-state index contributed by atoms with van der Waals surface area (Å²) in [5.74, 6) is -1.52. The van der Waals surface area contributed by atoms with Crippen LogP contribution in [0.15, 0.2) is 54.1 Å². The van der Waals surface area contributed by atoms with Gasteiger partial charge in [0, 0.05) is 5.56 Å². The normalized spacial score (nSPS) is 16.5. The van der Waals surface area contributed by atoms with Crippen molar-refractivity contribution >= 4 is 39.9 Å². The van der Waals surface area contributed by atoms with Gasteiger partial charge in [-0.25, -0.2) is 9.78 Å². The van der Waals surface area contributed by atoms with Crippen molar-refractivity contribution in [2.24, 2.45) is 0 Å². The lowest BCUT2D eigenvalue weighted by Gasteiger charge is -2.23. The van der Waals surface area contributed by atoms with E-state index in [1.807, 2.05) is 13.8 Å². The topological polar surface area (TPSA) is 115 Å². The molecule has 0 saturated carbocycles. The standard InChI is InChI=1S/C28H28N2O7S/c1-5-14-37-19-12-10-17(11-13-19)22-21(23(31)18-8-7-9-20(15-18)36-6-2)24(32)26(33)30(22)28-29-16(3)25(38-28)27(34)35-4/h7-13,15,22,31H,5-6,14H2,1-4H3/b23-21+. The molecule has 38 heavy (non-hydrogen) atoms. The SMILES string of the molecule is CCCOc1ccc(C2/C(=C(\O)c3cccc(OCC)c3)C(=O)C(=O)N2c2nc(C)c(C(=O)OC)s2)cc1. The van der Waals surface area contributed by atoms with Crippen molar-refractivity contribution < 1.29 is 33.7 Å². The number of Topliss-reactive ketones (excluding diaryl/α,β-unsaturated/α-hetero) is 1. The third kappa shape index (κ3) is 5.12. The van der Waals surface area contributed by atoms with E-state index in [1.165, 1.54) is 12.0 Å². The van der Waals surface area contributed by atoms with Crippen molar-refractivity contribution in [2.75, 3.05) is 25.2 Å². The first-order valence-corrected chi connectivity index (χ1v) is 12.9. The van der Waals surface area contributed by atoms with Gasteiger partial charge in [-0.05, 0) is 50.1 Å². The molecule has 1 fully saturated rings. The number of ketones is 1. The summed E-state index contributed by atoms with van der Waals surface area (Å²) in [4.78, 5) is 44.9. The summed E-state index contributed by atoms with van der Waals surface area (Å²) in [5.41, 5.74) is 1.15. The number of hydrogen-bond donors (Lipinski definition) is 1. The number of carbonyl (C=O) groups is 3. The van der Waals surface area contributed by atoms with Gasteiger partial charge in [0.1, 0.15) is 22.1 Å². The number of hydrogen-bond acceptors (Lipinski definition) is 9. The molecule has 1 saturated heterocycles. The molecule has 1 aliphatic heterocycles. The summed E-state index contributed by atoms with van der Waals surface area (Å²) in [6.07, 6.45) is 0.842. The number of aryl methyl sites for hydroxylation is 1. The maximum atomic E-state index is 13.4. The van der Waals surface area contributed by atoms with E-state index in [-0.39, 0.29) is 21.3 Å². The Balaban J connectivity index is 1.88. The first-order chi connectivity index (χ1) is 18.3. The number of methoxy groups -OCH3 is 1. The minimum absolute atomic E-state index is 0.0988. The van der Waals surface area contributed by atoms with Gasteiger partial charge in [-0.2, -0.15) is 0 Å². The van der Waals surface area contributed by atoms with Crippen LogP contribution >= 0.6 is 11.3 Å². The van der Waals surface area contributed by atoms with Gasteiger partial charge in [0.15, 0.2) is 5.13 Å². The number of aliphatic hydroxyl groups excluding tert-OH is 1. The van der Waals surface area contributed by atoms with Crippen molar-refractivity contribution in [1.82, 2.24) is 4.98 Å². The van der Waals surface area contributed by atoms with Crippen LogP contribution in [0.25, 0.3) is 5.76 Å². The van der Waals surface area contributed by atoms with E-state index in [0.717, 1.165) is 17.8 Å². The predicted octanol–water partition coefficient (Wildman–Crippen LogP) is 5.05. The molecule has 1 N–H and O–H groups in total. The van der Waals surface area contributed by atoms with Gasteiger partial charge in [-0.3, -0.25) is 14.5 Å². The highest BCUT2D eigenvalue weighted by Crippen LogP contribution is 2.44. The smallest absolute Gasteiger partial charge is 0.350 e. The van der Waals surface area contributed by atoms with Crippen LogP contribution in [-0.2, 0) is 14.3 Å². The van der Waals surface area contributed by atoms with E-state index in [2.05, 4.69) is 4.98 Å². The number of anilines is 1. The molecule has 0 aliphatic carbocycles. The zero-order valence-electron chi connectivity index (χ0n) is 21.5. The molecule has 1 aromatic heterocycles. The highest BCUT2D eigenvalue weighted by Gasteiger charge is 2.48. The molecular weight excluding hydrogens is 508 g/mol. The fourth-order valence-corrected chi connectivity index (χ4v) is 5.15. The number of thiazole rings is 1. The highest BCUT2D eigenvalue weighted by atomic mass is 32.1. The maximum absolute atomic E-state index is 13.4. The Hall–Kier alpha value is -4.18. The molecule has 0 spiro atoms. The molecule has 9 nitrogen and oxygen atoms in total. The van der Waals surface area contributed by atoms with Crippen LogP contribution in [0.3, 0.4) is 0 Å². The minimum atomic E-state index is -0.998. The summed E-state index contributed by atoms with van der Waals surface area (Å²) in [5, 5.41) is 11.5. The molecule has 1 atom stereocenters. The predicted molar refractivity (Wildman–Crippen MR) is 143 cm³/mol. The summed E-state index contributed by atoms with van der Waals surface area (Å²) in [6.45, 7) is 6.43. The Morgan fingerprint density at radius 3 is 2.47 bits per heavy atom. The van der Waals surface area contributed by atoms with E-state index in [1.54, 1.807) is 55.5 Å². The molecule has 3 aromatic rings. The van der Waals surface area contributed by atoms with Gasteiger partial charge < -0.3 is 19.3 Å². The van der Waals surface area contributed by atoms with Gasteiger partial charge in [0.2, 0.25) is 0 Å². The van der Waals surface area contributed by atoms with Crippen LogP contribution in [0, 0.1) is 6.92 Å². The van der Waals surface area contributed by atoms with Crippen LogP contribution in [0.5, 0.6) is 11.5 Å². The zero-order chi connectivity index (χ0) is 27.4. The maximum Gasteiger partial charge on any atom is 0.350 e. The van der Waals surface area contributed by atoms with Crippen LogP contribution < -0.4 is 14.4 Å². The molecule has 0 bridgehead atoms. The van der Waals surface area contributed by atoms with Crippen LogP contribution in [0.2, 0.25) is 0 Å². The van der Waals surface area contributed by atoms with Crippen molar-refractivity contribution in [2.45, 2.75) is 33.2 Å². The lowest BCUT2D eigenvalue weighted by molar-refractivity contribution is -0.132. The Morgan fingerprint density at radius 2 is 1.82 bits per heavy atom. The van der Waals surface area contributed by atoms with Crippen molar-refractivity contribution in [1.29, 1.82) is 0 Å². The van der Waals surface area contributed by atoms with Gasteiger partial charge in [0.05, 0.1) is 37.6 Å². The Bertz CT molecular complexity index is 1390. The molecule has 1 aliphatic rings. The second-order valence-corrected chi connectivity index (χ2v) is 9.43. The molecule has 10 heteroatoms. The number of esters is 1. The van der Waals surface area contributed by atoms with Crippen molar-refractivity contribution in [3.8, 4) is 11.5 Å². The Labute approximate surface area is 224 Å². The average molecular weight is 537 g/mol. The lowest BCUT2D eigenvalue weighted by Crippen LogP contribution is -2.29.